The Kier molecular flexibility index (Phi) is 5.43. The molecular formula is C29H26N2O2. The minimum atomic E-state index is -0.419. The van der Waals surface area contributed by atoms with Gasteiger partial charge in [-0.05, 0) is 66.1 Å². The number of anilines is 1. The van der Waals surface area contributed by atoms with Gasteiger partial charge in [0.2, 0.25) is 0 Å². The van der Waals surface area contributed by atoms with Crippen LogP contribution in [-0.4, -0.2) is 19.3 Å². The molecule has 0 bridgehead atoms. The molecule has 0 fully saturated rings. The van der Waals surface area contributed by atoms with Gasteiger partial charge in [-0.1, -0.05) is 48.5 Å². The third-order valence-electron chi connectivity index (χ3n) is 6.38. The molecule has 0 amide bonds. The van der Waals surface area contributed by atoms with Crippen LogP contribution in [0.3, 0.4) is 0 Å². The smallest absolute Gasteiger partial charge is 0.362 e. The van der Waals surface area contributed by atoms with Gasteiger partial charge in [-0.25, -0.2) is 9.79 Å². The van der Waals surface area contributed by atoms with Gasteiger partial charge in [0.05, 0.1) is 0 Å². The first kappa shape index (κ1) is 21.0. The fourth-order valence-corrected chi connectivity index (χ4v) is 4.59. The number of rotatable bonds is 5. The maximum absolute atomic E-state index is 12.9. The van der Waals surface area contributed by atoms with Gasteiger partial charge in [-0.3, -0.25) is 0 Å². The molecule has 1 aromatic heterocycles. The van der Waals surface area contributed by atoms with Crippen LogP contribution in [0.25, 0.3) is 32.5 Å². The first-order valence-electron chi connectivity index (χ1n) is 11.4. The Morgan fingerprint density at radius 3 is 2.12 bits per heavy atom. The number of aliphatic imine (C=N–C) groups is 1. The van der Waals surface area contributed by atoms with Crippen molar-refractivity contribution in [3.63, 3.8) is 0 Å². The molecule has 4 aromatic carbocycles. The Morgan fingerprint density at radius 2 is 1.48 bits per heavy atom. The molecule has 4 nitrogen and oxygen atoms in total. The molecule has 0 saturated heterocycles. The molecule has 0 radical (unpaired) electrons. The summed E-state index contributed by atoms with van der Waals surface area (Å²) < 4.78 is 5.72. The van der Waals surface area contributed by atoms with Gasteiger partial charge in [0.15, 0.2) is 5.69 Å². The van der Waals surface area contributed by atoms with E-state index in [2.05, 4.69) is 60.1 Å². The van der Waals surface area contributed by atoms with Crippen molar-refractivity contribution >= 4 is 50.1 Å². The Labute approximate surface area is 192 Å². The van der Waals surface area contributed by atoms with Crippen LogP contribution in [0.4, 0.5) is 11.4 Å². The van der Waals surface area contributed by atoms with Crippen molar-refractivity contribution < 1.29 is 4.42 Å². The topological polar surface area (TPSA) is 45.8 Å². The van der Waals surface area contributed by atoms with E-state index in [0.717, 1.165) is 56.8 Å². The molecule has 0 atom stereocenters. The van der Waals surface area contributed by atoms with Crippen molar-refractivity contribution in [1.82, 2.24) is 0 Å². The maximum atomic E-state index is 12.9. The minimum absolute atomic E-state index is 0.343. The minimum Gasteiger partial charge on any atom is -0.421 e. The molecule has 4 heteroatoms. The summed E-state index contributed by atoms with van der Waals surface area (Å²) in [6.07, 6.45) is 1.81. The van der Waals surface area contributed by atoms with Crippen LogP contribution in [0, 0.1) is 6.92 Å². The van der Waals surface area contributed by atoms with Crippen LogP contribution in [0.1, 0.15) is 25.0 Å². The van der Waals surface area contributed by atoms with E-state index >= 15 is 0 Å². The van der Waals surface area contributed by atoms with Gasteiger partial charge in [-0.15, -0.1) is 0 Å². The molecule has 0 saturated carbocycles. The summed E-state index contributed by atoms with van der Waals surface area (Å²) in [7, 11) is 0. The molecule has 1 heterocycles. The van der Waals surface area contributed by atoms with E-state index in [1.165, 1.54) is 0 Å². The molecule has 5 aromatic rings. The Morgan fingerprint density at radius 1 is 0.848 bits per heavy atom. The van der Waals surface area contributed by atoms with E-state index in [4.69, 9.17) is 4.42 Å². The predicted octanol–water partition coefficient (Wildman–Crippen LogP) is 7.00. The highest BCUT2D eigenvalue weighted by atomic mass is 16.4. The molecule has 33 heavy (non-hydrogen) atoms. The summed E-state index contributed by atoms with van der Waals surface area (Å²) >= 11 is 0. The van der Waals surface area contributed by atoms with E-state index in [-0.39, 0.29) is 0 Å². The lowest BCUT2D eigenvalue weighted by molar-refractivity contribution is 0.561. The molecule has 5 rings (SSSR count). The zero-order valence-corrected chi connectivity index (χ0v) is 19.1. The van der Waals surface area contributed by atoms with Crippen molar-refractivity contribution in [3.05, 3.63) is 94.3 Å². The molecule has 164 valence electrons. The number of benzene rings is 4. The summed E-state index contributed by atoms with van der Waals surface area (Å²) in [6.45, 7) is 7.96. The van der Waals surface area contributed by atoms with E-state index in [1.807, 2.05) is 43.3 Å². The zero-order chi connectivity index (χ0) is 22.9. The average molecular weight is 435 g/mol. The second kappa shape index (κ2) is 8.55. The maximum Gasteiger partial charge on any atom is 0.362 e. The van der Waals surface area contributed by atoms with Crippen molar-refractivity contribution in [2.75, 3.05) is 18.0 Å². The van der Waals surface area contributed by atoms with E-state index in [9.17, 15) is 4.79 Å². The lowest BCUT2D eigenvalue weighted by Gasteiger charge is -2.21. The SMILES string of the molecule is CCN(CC)c1ccc2c(C)c(N=Cc3c4ccccc4cc4ccccc34)c(=O)oc2c1. The lowest BCUT2D eigenvalue weighted by atomic mass is 9.97. The van der Waals surface area contributed by atoms with Gasteiger partial charge in [0.25, 0.3) is 0 Å². The summed E-state index contributed by atoms with van der Waals surface area (Å²) in [4.78, 5) is 19.8. The monoisotopic (exact) mass is 434 g/mol. The van der Waals surface area contributed by atoms with Crippen LogP contribution in [-0.2, 0) is 0 Å². The summed E-state index contributed by atoms with van der Waals surface area (Å²) in [5.74, 6) is 0. The van der Waals surface area contributed by atoms with Gasteiger partial charge in [0, 0.05) is 42.0 Å². The van der Waals surface area contributed by atoms with Gasteiger partial charge >= 0.3 is 5.63 Å². The van der Waals surface area contributed by atoms with Crippen LogP contribution >= 0.6 is 0 Å². The summed E-state index contributed by atoms with van der Waals surface area (Å²) in [6, 6.07) is 24.7. The highest BCUT2D eigenvalue weighted by Crippen LogP contribution is 2.30. The normalized spacial score (nSPS) is 11.7. The molecule has 0 aliphatic carbocycles. The third kappa shape index (κ3) is 3.68. The fourth-order valence-electron chi connectivity index (χ4n) is 4.59. The summed E-state index contributed by atoms with van der Waals surface area (Å²) in [5.41, 5.74) is 3.39. The largest absolute Gasteiger partial charge is 0.421 e. The molecule has 0 spiro atoms. The highest BCUT2D eigenvalue weighted by molar-refractivity contribution is 6.13. The predicted molar refractivity (Wildman–Crippen MR) is 139 cm³/mol. The van der Waals surface area contributed by atoms with Crippen LogP contribution < -0.4 is 10.5 Å². The van der Waals surface area contributed by atoms with Crippen molar-refractivity contribution in [2.24, 2.45) is 4.99 Å². The Hall–Kier alpha value is -3.92. The number of nitrogens with zero attached hydrogens (tertiary/aromatic N) is 2. The second-order valence-electron chi connectivity index (χ2n) is 8.21. The number of aryl methyl sites for hydroxylation is 1. The highest BCUT2D eigenvalue weighted by Gasteiger charge is 2.13. The van der Waals surface area contributed by atoms with Gasteiger partial charge in [0.1, 0.15) is 5.58 Å². The quantitative estimate of drug-likeness (QED) is 0.170. The van der Waals surface area contributed by atoms with E-state index in [1.54, 1.807) is 6.21 Å². The molecule has 0 aliphatic rings. The molecular weight excluding hydrogens is 408 g/mol. The number of hydrogen-bond donors (Lipinski definition) is 0. The van der Waals surface area contributed by atoms with Crippen LogP contribution in [0.2, 0.25) is 0 Å². The average Bonchev–Trinajstić information content (AvgIpc) is 2.84. The number of hydrogen-bond acceptors (Lipinski definition) is 4. The first-order valence-corrected chi connectivity index (χ1v) is 11.4. The standard InChI is InChI=1S/C29H26N2O2/c1-4-31(5-2)22-14-15-23-19(3)28(29(32)33-27(23)17-22)30-18-26-24-12-8-6-10-20(24)16-21-11-7-9-13-25(21)26/h6-18H,4-5H2,1-3H3. The van der Waals surface area contributed by atoms with Crippen molar-refractivity contribution in [2.45, 2.75) is 20.8 Å². The molecule has 0 unspecified atom stereocenters. The number of fused-ring (bicyclic) bond motifs is 3. The van der Waals surface area contributed by atoms with Crippen LogP contribution in [0.15, 0.2) is 87.0 Å². The molecule has 0 N–H and O–H groups in total. The van der Waals surface area contributed by atoms with Gasteiger partial charge < -0.3 is 9.32 Å². The third-order valence-corrected chi connectivity index (χ3v) is 6.38. The van der Waals surface area contributed by atoms with E-state index in [0.29, 0.717) is 11.3 Å². The zero-order valence-electron chi connectivity index (χ0n) is 19.1. The fraction of sp³-hybridized carbons (Fsp3) is 0.172. The van der Waals surface area contributed by atoms with Crippen molar-refractivity contribution in [1.29, 1.82) is 0 Å². The second-order valence-corrected chi connectivity index (χ2v) is 8.21. The lowest BCUT2D eigenvalue weighted by Crippen LogP contribution is -2.21. The van der Waals surface area contributed by atoms with Gasteiger partial charge in [-0.2, -0.15) is 0 Å². The van der Waals surface area contributed by atoms with Crippen LogP contribution in [0.5, 0.6) is 0 Å². The first-order chi connectivity index (χ1) is 16.1. The Balaban J connectivity index is 1.66. The molecule has 0 aliphatic heterocycles. The Bertz CT molecular complexity index is 1520. The summed E-state index contributed by atoms with van der Waals surface area (Å²) in [5, 5.41) is 5.39. The van der Waals surface area contributed by atoms with Crippen molar-refractivity contribution in [3.8, 4) is 0 Å². The van der Waals surface area contributed by atoms with E-state index < -0.39 is 5.63 Å².